The number of hydrogen-bond donors (Lipinski definition) is 1. The van der Waals surface area contributed by atoms with Crippen molar-refractivity contribution in [2.45, 2.75) is 35.4 Å². The van der Waals surface area contributed by atoms with E-state index in [1.165, 1.54) is 48.5 Å². The number of hydrogen-bond acceptors (Lipinski definition) is 8. The van der Waals surface area contributed by atoms with Crippen molar-refractivity contribution in [2.75, 3.05) is 13.1 Å². The van der Waals surface area contributed by atoms with Gasteiger partial charge in [-0.05, 0) is 42.5 Å². The average molecular weight is 594 g/mol. The first-order valence-electron chi connectivity index (χ1n) is 11.6. The van der Waals surface area contributed by atoms with Gasteiger partial charge in [-0.3, -0.25) is 29.3 Å². The predicted octanol–water partition coefficient (Wildman–Crippen LogP) is 3.13. The number of carbonyl (C=O) groups is 4. The molecule has 2 aromatic carbocycles. The van der Waals surface area contributed by atoms with E-state index < -0.39 is 37.7 Å². The minimum absolute atomic E-state index is 0.000787. The van der Waals surface area contributed by atoms with Crippen LogP contribution in [-0.4, -0.2) is 59.6 Å². The third-order valence-corrected chi connectivity index (χ3v) is 9.36. The Bertz CT molecular complexity index is 1520. The number of halogens is 2. The molecule has 1 N–H and O–H groups in total. The highest BCUT2D eigenvalue weighted by Crippen LogP contribution is 2.48. The third kappa shape index (κ3) is 5.32. The van der Waals surface area contributed by atoms with Crippen LogP contribution in [-0.2, 0) is 29.0 Å². The summed E-state index contributed by atoms with van der Waals surface area (Å²) in [5.74, 6) is -1.09. The van der Waals surface area contributed by atoms with Crippen molar-refractivity contribution < 1.29 is 32.5 Å². The van der Waals surface area contributed by atoms with Gasteiger partial charge in [-0.1, -0.05) is 23.2 Å². The summed E-state index contributed by atoms with van der Waals surface area (Å²) in [5.41, 5.74) is -0.275. The number of nitro groups is 1. The number of amides is 2. The van der Waals surface area contributed by atoms with Gasteiger partial charge < -0.3 is 10.2 Å². The molecule has 5 rings (SSSR count). The number of nitro benzene ring substituents is 1. The third-order valence-electron chi connectivity index (χ3n) is 6.54. The lowest BCUT2D eigenvalue weighted by atomic mass is 9.99. The summed E-state index contributed by atoms with van der Waals surface area (Å²) in [6.07, 6.45) is 2.03. The molecule has 3 saturated heterocycles. The monoisotopic (exact) mass is 593 g/mol. The second-order valence-corrected chi connectivity index (χ2v) is 12.0. The summed E-state index contributed by atoms with van der Waals surface area (Å²) in [6.45, 7) is 0.256. The lowest BCUT2D eigenvalue weighted by Crippen LogP contribution is -2.67. The zero-order valence-corrected chi connectivity index (χ0v) is 22.5. The van der Waals surface area contributed by atoms with Gasteiger partial charge in [0.1, 0.15) is 5.78 Å². The van der Waals surface area contributed by atoms with Gasteiger partial charge in [0.05, 0.1) is 28.3 Å². The second kappa shape index (κ2) is 10.9. The van der Waals surface area contributed by atoms with E-state index in [0.717, 1.165) is 4.90 Å². The number of benzene rings is 2. The van der Waals surface area contributed by atoms with E-state index in [1.807, 2.05) is 0 Å². The quantitative estimate of drug-likeness (QED) is 0.245. The van der Waals surface area contributed by atoms with Gasteiger partial charge >= 0.3 is 0 Å². The highest BCUT2D eigenvalue weighted by atomic mass is 35.5. The SMILES string of the molecule is O=C1CC2(S(=O)(=O)c3ccc(Cl)cc3)C(=O)C(=Cc3cc(Cl)ccc3[N+](=O)[O-])CN12.O=C1CCNC(=O)CC1. The van der Waals surface area contributed by atoms with E-state index in [2.05, 4.69) is 5.32 Å². The number of Topliss-reactive ketones (excluding diaryl/α,β-unsaturated/α-hetero) is 2. The molecule has 1 atom stereocenters. The summed E-state index contributed by atoms with van der Waals surface area (Å²) in [7, 11) is -4.26. The van der Waals surface area contributed by atoms with Crippen LogP contribution in [0.5, 0.6) is 0 Å². The topological polar surface area (TPSA) is 161 Å². The van der Waals surface area contributed by atoms with E-state index in [9.17, 15) is 37.7 Å². The molecular formula is C25H21Cl2N3O8S. The minimum atomic E-state index is -4.26. The molecule has 3 aliphatic heterocycles. The van der Waals surface area contributed by atoms with Crippen LogP contribution in [0.25, 0.3) is 6.08 Å². The second-order valence-electron chi connectivity index (χ2n) is 9.00. The molecular weight excluding hydrogens is 573 g/mol. The fourth-order valence-corrected chi connectivity index (χ4v) is 6.84. The van der Waals surface area contributed by atoms with Gasteiger partial charge in [0, 0.05) is 47.5 Å². The summed E-state index contributed by atoms with van der Waals surface area (Å²) in [4.78, 5) is 56.0. The van der Waals surface area contributed by atoms with Crippen LogP contribution >= 0.6 is 23.2 Å². The number of ketones is 2. The van der Waals surface area contributed by atoms with Crippen LogP contribution in [0.1, 0.15) is 31.2 Å². The Balaban J connectivity index is 0.000000333. The van der Waals surface area contributed by atoms with Gasteiger partial charge in [0.15, 0.2) is 0 Å². The number of fused-ring (bicyclic) bond motifs is 1. The average Bonchev–Trinajstić information content (AvgIpc) is 2.96. The fourth-order valence-electron chi connectivity index (χ4n) is 4.50. The Morgan fingerprint density at radius 2 is 1.64 bits per heavy atom. The number of β-lactam (4-membered cyclic amide) rings is 1. The molecule has 11 nitrogen and oxygen atoms in total. The Kier molecular flexibility index (Phi) is 7.92. The molecule has 1 unspecified atom stereocenters. The van der Waals surface area contributed by atoms with E-state index in [4.69, 9.17) is 23.2 Å². The molecule has 0 saturated carbocycles. The maximum Gasteiger partial charge on any atom is 0.276 e. The molecule has 14 heteroatoms. The molecule has 0 aromatic heterocycles. The molecule has 0 spiro atoms. The fraction of sp³-hybridized carbons (Fsp3) is 0.280. The number of rotatable bonds is 4. The standard InChI is InChI=1S/C19H12Cl2N2O6S.C6H9NO2/c20-13-1-4-15(5-2-13)30(28,29)19-9-17(24)22(19)10-12(18(19)25)7-11-8-14(21)3-6-16(11)23(26)27;8-5-1-2-6(9)7-4-3-5/h1-8H,9-10H2;1-4H2,(H,7,9). The summed E-state index contributed by atoms with van der Waals surface area (Å²) >= 11 is 11.7. The summed E-state index contributed by atoms with van der Waals surface area (Å²) in [5, 5.41) is 14.4. The molecule has 0 radical (unpaired) electrons. The number of nitrogens with one attached hydrogen (secondary N) is 1. The van der Waals surface area contributed by atoms with E-state index in [1.54, 1.807) is 0 Å². The van der Waals surface area contributed by atoms with Crippen LogP contribution in [0.15, 0.2) is 52.9 Å². The lowest BCUT2D eigenvalue weighted by Gasteiger charge is -2.44. The van der Waals surface area contributed by atoms with Crippen LogP contribution in [0.4, 0.5) is 5.69 Å². The van der Waals surface area contributed by atoms with Crippen molar-refractivity contribution in [3.8, 4) is 0 Å². The molecule has 2 amide bonds. The van der Waals surface area contributed by atoms with Crippen molar-refractivity contribution in [2.24, 2.45) is 0 Å². The highest BCUT2D eigenvalue weighted by Gasteiger charge is 2.69. The Morgan fingerprint density at radius 1 is 0.974 bits per heavy atom. The van der Waals surface area contributed by atoms with Crippen LogP contribution in [0.3, 0.4) is 0 Å². The van der Waals surface area contributed by atoms with Crippen LogP contribution in [0, 0.1) is 10.1 Å². The number of sulfone groups is 1. The molecule has 39 heavy (non-hydrogen) atoms. The molecule has 204 valence electrons. The van der Waals surface area contributed by atoms with Gasteiger partial charge in [0.2, 0.25) is 32.3 Å². The smallest absolute Gasteiger partial charge is 0.276 e. The molecule has 2 aromatic rings. The Morgan fingerprint density at radius 3 is 2.28 bits per heavy atom. The Labute approximate surface area is 232 Å². The van der Waals surface area contributed by atoms with Crippen molar-refractivity contribution in [1.29, 1.82) is 0 Å². The van der Waals surface area contributed by atoms with Crippen molar-refractivity contribution in [1.82, 2.24) is 10.2 Å². The van der Waals surface area contributed by atoms with Crippen molar-refractivity contribution in [3.63, 3.8) is 0 Å². The minimum Gasteiger partial charge on any atom is -0.356 e. The highest BCUT2D eigenvalue weighted by molar-refractivity contribution is 7.93. The molecule has 0 bridgehead atoms. The zero-order valence-electron chi connectivity index (χ0n) is 20.2. The molecule has 0 aliphatic carbocycles. The first-order valence-corrected chi connectivity index (χ1v) is 13.9. The summed E-state index contributed by atoms with van der Waals surface area (Å²) in [6, 6.07) is 9.12. The predicted molar refractivity (Wildman–Crippen MR) is 141 cm³/mol. The van der Waals surface area contributed by atoms with Gasteiger partial charge in [-0.25, -0.2) is 8.42 Å². The van der Waals surface area contributed by atoms with Crippen molar-refractivity contribution in [3.05, 3.63) is 73.8 Å². The number of nitrogens with zero attached hydrogens (tertiary/aromatic N) is 2. The van der Waals surface area contributed by atoms with Crippen molar-refractivity contribution >= 4 is 68.2 Å². The van der Waals surface area contributed by atoms with Crippen LogP contribution < -0.4 is 5.32 Å². The van der Waals surface area contributed by atoms with Gasteiger partial charge in [-0.2, -0.15) is 0 Å². The zero-order chi connectivity index (χ0) is 28.5. The maximum absolute atomic E-state index is 13.3. The first kappa shape index (κ1) is 28.4. The summed E-state index contributed by atoms with van der Waals surface area (Å²) < 4.78 is 26.6. The Hall–Kier alpha value is -3.61. The molecule has 3 heterocycles. The van der Waals surface area contributed by atoms with E-state index in [-0.39, 0.29) is 45.0 Å². The first-order chi connectivity index (χ1) is 18.4. The maximum atomic E-state index is 13.3. The van der Waals surface area contributed by atoms with Gasteiger partial charge in [-0.15, -0.1) is 0 Å². The lowest BCUT2D eigenvalue weighted by molar-refractivity contribution is -0.385. The largest absolute Gasteiger partial charge is 0.356 e. The van der Waals surface area contributed by atoms with Crippen LogP contribution in [0.2, 0.25) is 10.0 Å². The normalized spacial score (nSPS) is 21.9. The van der Waals surface area contributed by atoms with E-state index in [0.29, 0.717) is 30.8 Å². The van der Waals surface area contributed by atoms with E-state index >= 15 is 0 Å². The number of carbonyl (C=O) groups excluding carboxylic acids is 4. The molecule has 3 fully saturated rings. The molecule has 3 aliphatic rings. The van der Waals surface area contributed by atoms with Gasteiger partial charge in [0.25, 0.3) is 5.69 Å².